The zero-order valence-corrected chi connectivity index (χ0v) is 21.2. The van der Waals surface area contributed by atoms with Crippen LogP contribution in [0.2, 0.25) is 0 Å². The quantitative estimate of drug-likeness (QED) is 0.396. The predicted octanol–water partition coefficient (Wildman–Crippen LogP) is 6.55. The number of nitrogens with zero attached hydrogens (tertiary/aromatic N) is 1. The molecule has 3 aromatic rings. The summed E-state index contributed by atoms with van der Waals surface area (Å²) in [6, 6.07) is 14.9. The van der Waals surface area contributed by atoms with Gasteiger partial charge < -0.3 is 19.7 Å². The van der Waals surface area contributed by atoms with E-state index in [0.717, 1.165) is 36.0 Å². The molecule has 0 amide bonds. The summed E-state index contributed by atoms with van der Waals surface area (Å²) in [4.78, 5) is 2.45. The maximum atomic E-state index is 14.3. The van der Waals surface area contributed by atoms with E-state index in [9.17, 15) is 19.0 Å². The molecule has 37 heavy (non-hydrogen) atoms. The number of phenols is 2. The van der Waals surface area contributed by atoms with Crippen LogP contribution in [0, 0.1) is 17.6 Å². The number of ether oxygens (including phenoxy) is 2. The molecule has 0 spiro atoms. The largest absolute Gasteiger partial charge is 0.508 e. The van der Waals surface area contributed by atoms with E-state index in [1.807, 2.05) is 31.2 Å². The number of fused-ring (bicyclic) bond motifs is 1. The molecule has 1 fully saturated rings. The Morgan fingerprint density at radius 2 is 1.84 bits per heavy atom. The highest BCUT2D eigenvalue weighted by atomic mass is 19.2. The van der Waals surface area contributed by atoms with Gasteiger partial charge in [-0.2, -0.15) is 4.39 Å². The Hall–Kier alpha value is -3.58. The number of benzene rings is 3. The van der Waals surface area contributed by atoms with Crippen LogP contribution in [0.1, 0.15) is 50.0 Å². The number of halogens is 2. The van der Waals surface area contributed by atoms with Crippen molar-refractivity contribution in [2.45, 2.75) is 39.3 Å². The first-order valence-electron chi connectivity index (χ1n) is 12.6. The summed E-state index contributed by atoms with van der Waals surface area (Å²) in [6.07, 6.45) is 0.564. The molecule has 0 aromatic heterocycles. The van der Waals surface area contributed by atoms with Crippen LogP contribution < -0.4 is 9.47 Å². The fraction of sp³-hybridized carbons (Fsp3) is 0.333. The fourth-order valence-corrected chi connectivity index (χ4v) is 5.20. The number of phenolic OH excluding ortho intramolecular Hbond substituents is 2. The first kappa shape index (κ1) is 25.1. The lowest BCUT2D eigenvalue weighted by Gasteiger charge is -2.31. The van der Waals surface area contributed by atoms with Crippen LogP contribution in [0.4, 0.5) is 8.78 Å². The molecule has 2 heterocycles. The standard InChI is InChI=1S/C30H31F2NO4/c1-17-10-11-33(15-17)18(2)16-36-23-7-4-20(5-8-23)30-28(21-12-25(31)29(32)26(35)13-21)19(3)24-14-22(34)6-9-27(24)37-30/h4-9,12-14,17-18,30,34-35H,10-11,15-16H2,1-3H3/t17-,18+,30?/m1/s1. The molecule has 5 rings (SSSR count). The van der Waals surface area contributed by atoms with E-state index < -0.39 is 23.5 Å². The van der Waals surface area contributed by atoms with Gasteiger partial charge >= 0.3 is 0 Å². The van der Waals surface area contributed by atoms with Gasteiger partial charge in [0.15, 0.2) is 17.4 Å². The van der Waals surface area contributed by atoms with Crippen molar-refractivity contribution in [1.82, 2.24) is 4.90 Å². The number of aromatic hydroxyl groups is 2. The molecule has 0 radical (unpaired) electrons. The molecule has 2 aliphatic rings. The molecule has 5 nitrogen and oxygen atoms in total. The van der Waals surface area contributed by atoms with E-state index in [4.69, 9.17) is 9.47 Å². The number of hydrogen-bond donors (Lipinski definition) is 2. The highest BCUT2D eigenvalue weighted by molar-refractivity contribution is 5.96. The molecule has 2 N–H and O–H groups in total. The Bertz CT molecular complexity index is 1310. The van der Waals surface area contributed by atoms with Crippen molar-refractivity contribution in [3.63, 3.8) is 0 Å². The van der Waals surface area contributed by atoms with Crippen LogP contribution in [0.25, 0.3) is 11.1 Å². The molecule has 2 aliphatic heterocycles. The van der Waals surface area contributed by atoms with Gasteiger partial charge in [0.25, 0.3) is 0 Å². The van der Waals surface area contributed by atoms with Crippen LogP contribution in [-0.2, 0) is 0 Å². The number of rotatable bonds is 6. The van der Waals surface area contributed by atoms with Crippen LogP contribution >= 0.6 is 0 Å². The van der Waals surface area contributed by atoms with Crippen molar-refractivity contribution < 1.29 is 28.5 Å². The van der Waals surface area contributed by atoms with Crippen molar-refractivity contribution >= 4 is 11.1 Å². The predicted molar refractivity (Wildman–Crippen MR) is 139 cm³/mol. The van der Waals surface area contributed by atoms with Crippen LogP contribution in [0.3, 0.4) is 0 Å². The zero-order chi connectivity index (χ0) is 26.3. The molecule has 0 saturated carbocycles. The van der Waals surface area contributed by atoms with Crippen LogP contribution in [-0.4, -0.2) is 40.9 Å². The summed E-state index contributed by atoms with van der Waals surface area (Å²) in [7, 11) is 0. The zero-order valence-electron chi connectivity index (χ0n) is 21.2. The lowest BCUT2D eigenvalue weighted by molar-refractivity contribution is 0.169. The smallest absolute Gasteiger partial charge is 0.200 e. The van der Waals surface area contributed by atoms with Crippen molar-refractivity contribution in [2.24, 2.45) is 5.92 Å². The van der Waals surface area contributed by atoms with Gasteiger partial charge in [-0.1, -0.05) is 19.1 Å². The Kier molecular flexibility index (Phi) is 6.82. The van der Waals surface area contributed by atoms with E-state index in [1.165, 1.54) is 18.6 Å². The number of allylic oxidation sites excluding steroid dienone is 1. The third-order valence-corrected chi connectivity index (χ3v) is 7.35. The molecule has 3 atom stereocenters. The fourth-order valence-electron chi connectivity index (χ4n) is 5.20. The molecule has 194 valence electrons. The van der Waals surface area contributed by atoms with E-state index in [0.29, 0.717) is 41.0 Å². The molecule has 7 heteroatoms. The summed E-state index contributed by atoms with van der Waals surface area (Å²) in [5.41, 5.74) is 3.01. The van der Waals surface area contributed by atoms with Gasteiger partial charge in [0.2, 0.25) is 0 Å². The van der Waals surface area contributed by atoms with Gasteiger partial charge in [0.05, 0.1) is 0 Å². The van der Waals surface area contributed by atoms with Gasteiger partial charge in [-0.15, -0.1) is 0 Å². The summed E-state index contributed by atoms with van der Waals surface area (Å²) in [5.74, 6) is -1.16. The Morgan fingerprint density at radius 3 is 2.51 bits per heavy atom. The first-order chi connectivity index (χ1) is 17.7. The maximum absolute atomic E-state index is 14.3. The minimum Gasteiger partial charge on any atom is -0.508 e. The van der Waals surface area contributed by atoms with Crippen molar-refractivity contribution in [2.75, 3.05) is 19.7 Å². The molecular formula is C30H31F2NO4. The van der Waals surface area contributed by atoms with Gasteiger partial charge in [0.1, 0.15) is 30.0 Å². The Morgan fingerprint density at radius 1 is 1.08 bits per heavy atom. The maximum Gasteiger partial charge on any atom is 0.200 e. The second-order valence-electron chi connectivity index (χ2n) is 10.1. The van der Waals surface area contributed by atoms with Crippen molar-refractivity contribution in [3.8, 4) is 23.0 Å². The second-order valence-corrected chi connectivity index (χ2v) is 10.1. The van der Waals surface area contributed by atoms with Crippen molar-refractivity contribution in [3.05, 3.63) is 82.9 Å². The van der Waals surface area contributed by atoms with E-state index in [1.54, 1.807) is 12.1 Å². The number of likely N-dealkylation sites (tertiary alicyclic amines) is 1. The normalized spacial score (nSPS) is 20.5. The SMILES string of the molecule is CC1=C(c2cc(O)c(F)c(F)c2)C(c2ccc(OC[C@H](C)N3CC[C@@H](C)C3)cc2)Oc2ccc(O)cc21. The molecular weight excluding hydrogens is 476 g/mol. The highest BCUT2D eigenvalue weighted by Crippen LogP contribution is 2.48. The van der Waals surface area contributed by atoms with Crippen LogP contribution in [0.15, 0.2) is 54.6 Å². The summed E-state index contributed by atoms with van der Waals surface area (Å²) in [5, 5.41) is 20.0. The summed E-state index contributed by atoms with van der Waals surface area (Å²) < 4.78 is 40.5. The molecule has 1 saturated heterocycles. The third-order valence-electron chi connectivity index (χ3n) is 7.35. The molecule has 3 aromatic carbocycles. The van der Waals surface area contributed by atoms with Gasteiger partial charge in [-0.3, -0.25) is 4.90 Å². The van der Waals surface area contributed by atoms with Gasteiger partial charge in [-0.25, -0.2) is 4.39 Å². The first-order valence-corrected chi connectivity index (χ1v) is 12.6. The Balaban J connectivity index is 1.44. The average Bonchev–Trinajstić information content (AvgIpc) is 3.32. The lowest BCUT2D eigenvalue weighted by Crippen LogP contribution is -2.35. The topological polar surface area (TPSA) is 62.2 Å². The monoisotopic (exact) mass is 507 g/mol. The van der Waals surface area contributed by atoms with E-state index >= 15 is 0 Å². The summed E-state index contributed by atoms with van der Waals surface area (Å²) >= 11 is 0. The van der Waals surface area contributed by atoms with Gasteiger partial charge in [-0.05, 0) is 91.9 Å². The van der Waals surface area contributed by atoms with E-state index in [-0.39, 0.29) is 5.75 Å². The molecule has 1 unspecified atom stereocenters. The number of hydrogen-bond acceptors (Lipinski definition) is 5. The molecule has 0 bridgehead atoms. The van der Waals surface area contributed by atoms with E-state index in [2.05, 4.69) is 18.7 Å². The second kappa shape index (κ2) is 10.1. The van der Waals surface area contributed by atoms with Crippen LogP contribution in [0.5, 0.6) is 23.0 Å². The summed E-state index contributed by atoms with van der Waals surface area (Å²) in [6.45, 7) is 9.05. The molecule has 0 aliphatic carbocycles. The average molecular weight is 508 g/mol. The Labute approximate surface area is 215 Å². The van der Waals surface area contributed by atoms with Gasteiger partial charge in [0, 0.05) is 23.7 Å². The minimum absolute atomic E-state index is 0.0618. The lowest BCUT2D eigenvalue weighted by atomic mass is 9.86. The minimum atomic E-state index is -1.30. The third kappa shape index (κ3) is 5.01. The highest BCUT2D eigenvalue weighted by Gasteiger charge is 2.31. The van der Waals surface area contributed by atoms with Crippen molar-refractivity contribution in [1.29, 1.82) is 0 Å².